The van der Waals surface area contributed by atoms with E-state index >= 15 is 0 Å². The van der Waals surface area contributed by atoms with E-state index in [0.29, 0.717) is 5.92 Å². The van der Waals surface area contributed by atoms with Crippen molar-refractivity contribution in [2.75, 3.05) is 11.9 Å². The molecule has 0 saturated heterocycles. The van der Waals surface area contributed by atoms with Gasteiger partial charge in [-0.05, 0) is 49.8 Å². The highest BCUT2D eigenvalue weighted by Gasteiger charge is 2.20. The van der Waals surface area contributed by atoms with Crippen LogP contribution in [0, 0.1) is 12.8 Å². The number of aromatic nitrogens is 2. The van der Waals surface area contributed by atoms with Crippen molar-refractivity contribution < 1.29 is 5.11 Å². The number of halogens is 1. The summed E-state index contributed by atoms with van der Waals surface area (Å²) < 4.78 is 0. The molecule has 0 spiro atoms. The summed E-state index contributed by atoms with van der Waals surface area (Å²) >= 11 is 7.61. The Bertz CT molecular complexity index is 616. The number of rotatable bonds is 3. The van der Waals surface area contributed by atoms with Gasteiger partial charge in [0.15, 0.2) is 0 Å². The molecule has 0 aliphatic heterocycles. The number of fused-ring (bicyclic) bond motifs is 1. The largest absolute Gasteiger partial charge is 0.393 e. The maximum absolute atomic E-state index is 9.72. The molecule has 2 heterocycles. The van der Waals surface area contributed by atoms with Crippen molar-refractivity contribution >= 4 is 39.0 Å². The smallest absolute Gasteiger partial charge is 0.225 e. The monoisotopic (exact) mass is 311 g/mol. The minimum absolute atomic E-state index is 0.145. The average molecular weight is 312 g/mol. The van der Waals surface area contributed by atoms with Gasteiger partial charge in [0.05, 0.1) is 11.5 Å². The first kappa shape index (κ1) is 14.0. The molecule has 1 fully saturated rings. The summed E-state index contributed by atoms with van der Waals surface area (Å²) in [6.45, 7) is 2.88. The minimum Gasteiger partial charge on any atom is -0.393 e. The van der Waals surface area contributed by atoms with Crippen LogP contribution in [0.2, 0.25) is 5.28 Å². The number of nitrogens with zero attached hydrogens (tertiary/aromatic N) is 2. The van der Waals surface area contributed by atoms with E-state index in [-0.39, 0.29) is 11.4 Å². The SMILES string of the molecule is Cc1cc2c(NCC3CCCC(O)C3)nc(Cl)nc2s1. The van der Waals surface area contributed by atoms with Crippen LogP contribution in [0.4, 0.5) is 5.82 Å². The van der Waals surface area contributed by atoms with Gasteiger partial charge >= 0.3 is 0 Å². The molecule has 2 N–H and O–H groups in total. The zero-order valence-corrected chi connectivity index (χ0v) is 13.0. The zero-order chi connectivity index (χ0) is 14.1. The number of aryl methyl sites for hydroxylation is 1. The molecule has 0 bridgehead atoms. The van der Waals surface area contributed by atoms with Gasteiger partial charge in [0, 0.05) is 11.4 Å². The Kier molecular flexibility index (Phi) is 4.10. The van der Waals surface area contributed by atoms with Crippen molar-refractivity contribution in [2.24, 2.45) is 5.92 Å². The molecule has 0 aromatic carbocycles. The topological polar surface area (TPSA) is 58.0 Å². The molecule has 3 rings (SSSR count). The Balaban J connectivity index is 1.76. The van der Waals surface area contributed by atoms with Crippen LogP contribution < -0.4 is 5.32 Å². The van der Waals surface area contributed by atoms with Crippen LogP contribution in [0.25, 0.3) is 10.2 Å². The van der Waals surface area contributed by atoms with Crippen molar-refractivity contribution in [3.63, 3.8) is 0 Å². The van der Waals surface area contributed by atoms with E-state index in [1.54, 1.807) is 11.3 Å². The Morgan fingerprint density at radius 1 is 1.45 bits per heavy atom. The van der Waals surface area contributed by atoms with Gasteiger partial charge in [-0.15, -0.1) is 11.3 Å². The molecule has 2 aromatic heterocycles. The maximum atomic E-state index is 9.72. The van der Waals surface area contributed by atoms with Crippen LogP contribution in [-0.2, 0) is 0 Å². The van der Waals surface area contributed by atoms with Crippen LogP contribution in [0.15, 0.2) is 6.07 Å². The molecule has 2 unspecified atom stereocenters. The molecule has 6 heteroatoms. The van der Waals surface area contributed by atoms with E-state index in [1.807, 2.05) is 0 Å². The molecule has 0 radical (unpaired) electrons. The lowest BCUT2D eigenvalue weighted by Gasteiger charge is -2.26. The summed E-state index contributed by atoms with van der Waals surface area (Å²) in [5.41, 5.74) is 0. The van der Waals surface area contributed by atoms with Gasteiger partial charge in [0.25, 0.3) is 0 Å². The van der Waals surface area contributed by atoms with Crippen molar-refractivity contribution in [1.29, 1.82) is 0 Å². The fraction of sp³-hybridized carbons (Fsp3) is 0.571. The van der Waals surface area contributed by atoms with Gasteiger partial charge in [-0.3, -0.25) is 0 Å². The van der Waals surface area contributed by atoms with E-state index < -0.39 is 0 Å². The molecule has 1 aliphatic carbocycles. The Labute approximate surface area is 127 Å². The van der Waals surface area contributed by atoms with Crippen molar-refractivity contribution in [2.45, 2.75) is 38.7 Å². The number of aliphatic hydroxyl groups is 1. The normalized spacial score (nSPS) is 23.1. The van der Waals surface area contributed by atoms with Crippen LogP contribution in [0.3, 0.4) is 0 Å². The lowest BCUT2D eigenvalue weighted by Crippen LogP contribution is -2.25. The minimum atomic E-state index is -0.145. The van der Waals surface area contributed by atoms with Crippen LogP contribution in [-0.4, -0.2) is 27.7 Å². The molecule has 2 aromatic rings. The molecule has 2 atom stereocenters. The second kappa shape index (κ2) is 5.84. The molecular weight excluding hydrogens is 294 g/mol. The lowest BCUT2D eigenvalue weighted by molar-refractivity contribution is 0.104. The lowest BCUT2D eigenvalue weighted by atomic mass is 9.87. The van der Waals surface area contributed by atoms with E-state index in [9.17, 15) is 5.11 Å². The van der Waals surface area contributed by atoms with Gasteiger partial charge in [-0.2, -0.15) is 0 Å². The molecule has 20 heavy (non-hydrogen) atoms. The fourth-order valence-electron chi connectivity index (χ4n) is 2.84. The summed E-state index contributed by atoms with van der Waals surface area (Å²) in [5, 5.41) is 14.4. The van der Waals surface area contributed by atoms with Crippen molar-refractivity contribution in [1.82, 2.24) is 9.97 Å². The zero-order valence-electron chi connectivity index (χ0n) is 11.4. The predicted octanol–water partition coefficient (Wildman–Crippen LogP) is 3.62. The van der Waals surface area contributed by atoms with Gasteiger partial charge in [-0.1, -0.05) is 6.42 Å². The standard InChI is InChI=1S/C14H18ClN3OS/c1-8-5-11-12(17-14(15)18-13(11)20-8)16-7-9-3-2-4-10(19)6-9/h5,9-10,19H,2-4,6-7H2,1H3,(H,16,17,18). The first-order valence-corrected chi connectivity index (χ1v) is 8.17. The molecule has 1 aliphatic rings. The van der Waals surface area contributed by atoms with E-state index in [0.717, 1.165) is 48.3 Å². The van der Waals surface area contributed by atoms with Gasteiger partial charge < -0.3 is 10.4 Å². The third kappa shape index (κ3) is 3.05. The first-order chi connectivity index (χ1) is 9.61. The highest BCUT2D eigenvalue weighted by molar-refractivity contribution is 7.18. The predicted molar refractivity (Wildman–Crippen MR) is 83.6 cm³/mol. The van der Waals surface area contributed by atoms with Crippen LogP contribution >= 0.6 is 22.9 Å². The Morgan fingerprint density at radius 2 is 2.30 bits per heavy atom. The second-order valence-electron chi connectivity index (χ2n) is 5.48. The van der Waals surface area contributed by atoms with Crippen molar-refractivity contribution in [3.05, 3.63) is 16.2 Å². The number of hydrogen-bond donors (Lipinski definition) is 2. The summed E-state index contributed by atoms with van der Waals surface area (Å²) in [4.78, 5) is 10.7. The maximum Gasteiger partial charge on any atom is 0.225 e. The molecule has 108 valence electrons. The molecule has 0 amide bonds. The van der Waals surface area contributed by atoms with E-state index in [2.05, 4.69) is 28.3 Å². The summed E-state index contributed by atoms with van der Waals surface area (Å²) in [6.07, 6.45) is 3.93. The number of thiophene rings is 1. The Hall–Kier alpha value is -0.910. The highest BCUT2D eigenvalue weighted by Crippen LogP contribution is 2.30. The van der Waals surface area contributed by atoms with Crippen LogP contribution in [0.5, 0.6) is 0 Å². The quantitative estimate of drug-likeness (QED) is 0.850. The average Bonchev–Trinajstić information content (AvgIpc) is 2.76. The Morgan fingerprint density at radius 3 is 3.10 bits per heavy atom. The summed E-state index contributed by atoms with van der Waals surface area (Å²) in [5.74, 6) is 1.31. The van der Waals surface area contributed by atoms with E-state index in [4.69, 9.17) is 11.6 Å². The number of aliphatic hydroxyl groups excluding tert-OH is 1. The van der Waals surface area contributed by atoms with Gasteiger partial charge in [-0.25, -0.2) is 9.97 Å². The molecule has 1 saturated carbocycles. The number of nitrogens with one attached hydrogen (secondary N) is 1. The van der Waals surface area contributed by atoms with Crippen LogP contribution in [0.1, 0.15) is 30.6 Å². The van der Waals surface area contributed by atoms with Gasteiger partial charge in [0.2, 0.25) is 5.28 Å². The van der Waals surface area contributed by atoms with Crippen molar-refractivity contribution in [3.8, 4) is 0 Å². The summed E-state index contributed by atoms with van der Waals surface area (Å²) in [7, 11) is 0. The molecule has 4 nitrogen and oxygen atoms in total. The molecular formula is C14H18ClN3OS. The third-order valence-electron chi connectivity index (χ3n) is 3.80. The number of hydrogen-bond acceptors (Lipinski definition) is 5. The number of anilines is 1. The van der Waals surface area contributed by atoms with Gasteiger partial charge in [0.1, 0.15) is 10.6 Å². The van der Waals surface area contributed by atoms with E-state index in [1.165, 1.54) is 4.88 Å². The fourth-order valence-corrected chi connectivity index (χ4v) is 3.94. The third-order valence-corrected chi connectivity index (χ3v) is 4.92. The second-order valence-corrected chi connectivity index (χ2v) is 7.06. The highest BCUT2D eigenvalue weighted by atomic mass is 35.5. The first-order valence-electron chi connectivity index (χ1n) is 6.97. The summed E-state index contributed by atoms with van der Waals surface area (Å²) in [6, 6.07) is 2.09.